The van der Waals surface area contributed by atoms with Gasteiger partial charge in [-0.15, -0.1) is 0 Å². The predicted octanol–water partition coefficient (Wildman–Crippen LogP) is 2.77. The van der Waals surface area contributed by atoms with Crippen molar-refractivity contribution in [3.05, 3.63) is 18.3 Å². The largest absolute Gasteiger partial charge is 0.369 e. The van der Waals surface area contributed by atoms with Crippen LogP contribution in [-0.4, -0.2) is 17.6 Å². The molecule has 3 N–H and O–H groups in total. The number of pyridine rings is 1. The van der Waals surface area contributed by atoms with E-state index in [-0.39, 0.29) is 0 Å². The summed E-state index contributed by atoms with van der Waals surface area (Å²) in [4.78, 5) is 6.57. The lowest BCUT2D eigenvalue weighted by Gasteiger charge is -2.31. The summed E-state index contributed by atoms with van der Waals surface area (Å²) in [6.45, 7) is 7.77. The van der Waals surface area contributed by atoms with E-state index in [2.05, 4.69) is 36.1 Å². The van der Waals surface area contributed by atoms with Gasteiger partial charge in [0, 0.05) is 30.5 Å². The van der Waals surface area contributed by atoms with Crippen LogP contribution in [0.3, 0.4) is 0 Å². The van der Waals surface area contributed by atoms with Crippen molar-refractivity contribution >= 4 is 11.5 Å². The Morgan fingerprint density at radius 2 is 2.24 bits per heavy atom. The minimum Gasteiger partial charge on any atom is -0.369 e. The molecule has 4 nitrogen and oxygen atoms in total. The molecule has 17 heavy (non-hydrogen) atoms. The summed E-state index contributed by atoms with van der Waals surface area (Å²) in [7, 11) is 0. The fraction of sp³-hybridized carbons (Fsp3) is 0.615. The van der Waals surface area contributed by atoms with Crippen LogP contribution in [0.1, 0.15) is 40.0 Å². The molecule has 0 aromatic carbocycles. The molecular formula is C13H24N4. The van der Waals surface area contributed by atoms with Gasteiger partial charge in [-0.2, -0.15) is 0 Å². The topological polar surface area (TPSA) is 54.2 Å². The highest BCUT2D eigenvalue weighted by Gasteiger charge is 2.12. The Morgan fingerprint density at radius 1 is 1.47 bits per heavy atom. The third-order valence-electron chi connectivity index (χ3n) is 3.10. The van der Waals surface area contributed by atoms with E-state index in [0.717, 1.165) is 13.0 Å². The minimum absolute atomic E-state index is 0.537. The van der Waals surface area contributed by atoms with Crippen LogP contribution in [0.5, 0.6) is 0 Å². The molecule has 0 aliphatic rings. The first kappa shape index (κ1) is 13.8. The van der Waals surface area contributed by atoms with Crippen molar-refractivity contribution in [1.82, 2.24) is 4.98 Å². The zero-order valence-corrected chi connectivity index (χ0v) is 11.1. The maximum absolute atomic E-state index is 5.40. The van der Waals surface area contributed by atoms with Crippen molar-refractivity contribution in [2.24, 2.45) is 5.84 Å². The summed E-state index contributed by atoms with van der Waals surface area (Å²) in [5, 5.41) is 0. The second-order valence-electron chi connectivity index (χ2n) is 4.35. The molecular weight excluding hydrogens is 212 g/mol. The first-order valence-corrected chi connectivity index (χ1v) is 6.42. The molecule has 0 saturated heterocycles. The van der Waals surface area contributed by atoms with Crippen LogP contribution >= 0.6 is 0 Å². The van der Waals surface area contributed by atoms with E-state index < -0.39 is 0 Å². The molecule has 0 bridgehead atoms. The van der Waals surface area contributed by atoms with Gasteiger partial charge in [0.1, 0.15) is 5.82 Å². The SMILES string of the molecule is CCCCN(c1ccnc(NN)c1)C(C)CC. The van der Waals surface area contributed by atoms with E-state index >= 15 is 0 Å². The number of nitrogens with one attached hydrogen (secondary N) is 1. The highest BCUT2D eigenvalue weighted by atomic mass is 15.3. The molecule has 1 aromatic rings. The van der Waals surface area contributed by atoms with Gasteiger partial charge in [-0.1, -0.05) is 20.3 Å². The second kappa shape index (κ2) is 7.12. The Kier molecular flexibility index (Phi) is 5.77. The molecule has 0 aliphatic heterocycles. The lowest BCUT2D eigenvalue weighted by atomic mass is 10.1. The minimum atomic E-state index is 0.537. The van der Waals surface area contributed by atoms with E-state index in [1.165, 1.54) is 18.5 Å². The van der Waals surface area contributed by atoms with Gasteiger partial charge >= 0.3 is 0 Å². The molecule has 0 aliphatic carbocycles. The number of hydrogen-bond acceptors (Lipinski definition) is 4. The third kappa shape index (κ3) is 3.89. The van der Waals surface area contributed by atoms with Crippen LogP contribution in [0.15, 0.2) is 18.3 Å². The average molecular weight is 236 g/mol. The summed E-state index contributed by atoms with van der Waals surface area (Å²) in [6, 6.07) is 4.58. The number of aromatic nitrogens is 1. The highest BCUT2D eigenvalue weighted by molar-refractivity contribution is 5.54. The number of unbranched alkanes of at least 4 members (excludes halogenated alkanes) is 1. The average Bonchev–Trinajstić information content (AvgIpc) is 2.39. The summed E-state index contributed by atoms with van der Waals surface area (Å²) in [5.41, 5.74) is 3.79. The molecule has 1 heterocycles. The molecule has 0 spiro atoms. The van der Waals surface area contributed by atoms with E-state index in [1.807, 2.05) is 12.1 Å². The number of hydrogen-bond donors (Lipinski definition) is 2. The molecule has 96 valence electrons. The second-order valence-corrected chi connectivity index (χ2v) is 4.35. The van der Waals surface area contributed by atoms with E-state index in [1.54, 1.807) is 6.20 Å². The van der Waals surface area contributed by atoms with Gasteiger partial charge in [-0.05, 0) is 25.8 Å². The molecule has 0 saturated carbocycles. The Labute approximate surface area is 104 Å². The van der Waals surface area contributed by atoms with Gasteiger partial charge < -0.3 is 10.3 Å². The maximum atomic E-state index is 5.40. The number of nitrogens with two attached hydrogens (primary N) is 1. The maximum Gasteiger partial charge on any atom is 0.141 e. The Bertz CT molecular complexity index is 327. The van der Waals surface area contributed by atoms with Crippen LogP contribution in [0, 0.1) is 0 Å². The van der Waals surface area contributed by atoms with Crippen LogP contribution < -0.4 is 16.2 Å². The fourth-order valence-corrected chi connectivity index (χ4v) is 1.83. The molecule has 1 rings (SSSR count). The number of hydrazine groups is 1. The zero-order chi connectivity index (χ0) is 12.7. The number of anilines is 2. The van der Waals surface area contributed by atoms with E-state index in [9.17, 15) is 0 Å². The molecule has 1 unspecified atom stereocenters. The Balaban J connectivity index is 2.86. The van der Waals surface area contributed by atoms with Gasteiger partial charge in [-0.3, -0.25) is 0 Å². The standard InChI is InChI=1S/C13H24N4/c1-4-6-9-17(11(3)5-2)12-7-8-15-13(10-12)16-14/h7-8,10-11H,4-6,9,14H2,1-3H3,(H,15,16). The number of rotatable bonds is 7. The number of nitrogens with zero attached hydrogens (tertiary/aromatic N) is 2. The van der Waals surface area contributed by atoms with Crippen LogP contribution in [-0.2, 0) is 0 Å². The van der Waals surface area contributed by atoms with Crippen LogP contribution in [0.4, 0.5) is 11.5 Å². The van der Waals surface area contributed by atoms with Crippen molar-refractivity contribution in [3.8, 4) is 0 Å². The van der Waals surface area contributed by atoms with Crippen LogP contribution in [0.2, 0.25) is 0 Å². The van der Waals surface area contributed by atoms with Crippen molar-refractivity contribution < 1.29 is 0 Å². The first-order valence-electron chi connectivity index (χ1n) is 6.42. The van der Waals surface area contributed by atoms with Crippen molar-refractivity contribution in [2.45, 2.75) is 46.1 Å². The van der Waals surface area contributed by atoms with Gasteiger partial charge in [-0.25, -0.2) is 10.8 Å². The molecule has 4 heteroatoms. The van der Waals surface area contributed by atoms with Gasteiger partial charge in [0.25, 0.3) is 0 Å². The van der Waals surface area contributed by atoms with E-state index in [4.69, 9.17) is 5.84 Å². The summed E-state index contributed by atoms with van der Waals surface area (Å²) >= 11 is 0. The molecule has 0 radical (unpaired) electrons. The number of nitrogen functional groups attached to an aromatic ring is 1. The van der Waals surface area contributed by atoms with Crippen LogP contribution in [0.25, 0.3) is 0 Å². The highest BCUT2D eigenvalue weighted by Crippen LogP contribution is 2.21. The molecule has 1 atom stereocenters. The van der Waals surface area contributed by atoms with Gasteiger partial charge in [0.2, 0.25) is 0 Å². The van der Waals surface area contributed by atoms with Crippen molar-refractivity contribution in [2.75, 3.05) is 16.9 Å². The van der Waals surface area contributed by atoms with Gasteiger partial charge in [0.15, 0.2) is 0 Å². The zero-order valence-electron chi connectivity index (χ0n) is 11.1. The van der Waals surface area contributed by atoms with Gasteiger partial charge in [0.05, 0.1) is 0 Å². The third-order valence-corrected chi connectivity index (χ3v) is 3.10. The Hall–Kier alpha value is -1.29. The summed E-state index contributed by atoms with van der Waals surface area (Å²) < 4.78 is 0. The normalized spacial score (nSPS) is 12.2. The quantitative estimate of drug-likeness (QED) is 0.564. The lowest BCUT2D eigenvalue weighted by molar-refractivity contribution is 0.595. The summed E-state index contributed by atoms with van der Waals surface area (Å²) in [5.74, 6) is 6.11. The molecule has 0 fully saturated rings. The van der Waals surface area contributed by atoms with Crippen molar-refractivity contribution in [3.63, 3.8) is 0 Å². The van der Waals surface area contributed by atoms with E-state index in [0.29, 0.717) is 11.9 Å². The van der Waals surface area contributed by atoms with Crippen molar-refractivity contribution in [1.29, 1.82) is 0 Å². The monoisotopic (exact) mass is 236 g/mol. The molecule has 1 aromatic heterocycles. The summed E-state index contributed by atoms with van der Waals surface area (Å²) in [6.07, 6.45) is 5.35. The Morgan fingerprint density at radius 3 is 2.82 bits per heavy atom. The fourth-order valence-electron chi connectivity index (χ4n) is 1.83. The first-order chi connectivity index (χ1) is 8.22. The molecule has 0 amide bonds. The smallest absolute Gasteiger partial charge is 0.141 e. The lowest BCUT2D eigenvalue weighted by Crippen LogP contribution is -2.33. The predicted molar refractivity (Wildman–Crippen MR) is 74.1 cm³/mol.